The Balaban J connectivity index is 2.66. The zero-order chi connectivity index (χ0) is 9.42. The van der Waals surface area contributed by atoms with E-state index in [0.29, 0.717) is 0 Å². The van der Waals surface area contributed by atoms with Crippen LogP contribution in [0.4, 0.5) is 0 Å². The van der Waals surface area contributed by atoms with Crippen molar-refractivity contribution < 1.29 is 0 Å². The molecule has 2 N–H and O–H groups in total. The molecule has 1 aromatic carbocycles. The van der Waals surface area contributed by atoms with Crippen LogP contribution in [0, 0.1) is 0 Å². The Bertz CT molecular complexity index is 427. The summed E-state index contributed by atoms with van der Waals surface area (Å²) in [5.41, 5.74) is 8.25. The molecular formula is C11H14N2. The normalized spacial score (nSPS) is 13.5. The van der Waals surface area contributed by atoms with E-state index in [2.05, 4.69) is 35.0 Å². The molecule has 2 nitrogen and oxygen atoms in total. The Morgan fingerprint density at radius 2 is 2.08 bits per heavy atom. The molecule has 0 amide bonds. The van der Waals surface area contributed by atoms with Gasteiger partial charge in [0.1, 0.15) is 0 Å². The van der Waals surface area contributed by atoms with Gasteiger partial charge in [0.2, 0.25) is 0 Å². The first-order valence-electron chi connectivity index (χ1n) is 4.49. The molecular weight excluding hydrogens is 160 g/mol. The van der Waals surface area contributed by atoms with Crippen molar-refractivity contribution >= 4 is 10.9 Å². The van der Waals surface area contributed by atoms with Crippen molar-refractivity contribution in [2.24, 2.45) is 12.8 Å². The monoisotopic (exact) mass is 174 g/mol. The molecule has 1 atom stereocenters. The van der Waals surface area contributed by atoms with Gasteiger partial charge in [-0.1, -0.05) is 12.1 Å². The van der Waals surface area contributed by atoms with Crippen molar-refractivity contribution in [1.29, 1.82) is 0 Å². The summed E-state index contributed by atoms with van der Waals surface area (Å²) in [7, 11) is 2.05. The van der Waals surface area contributed by atoms with Gasteiger partial charge in [0, 0.05) is 24.8 Å². The zero-order valence-electron chi connectivity index (χ0n) is 7.99. The lowest BCUT2D eigenvalue weighted by molar-refractivity contribution is 0.818. The average Bonchev–Trinajstić information content (AvgIpc) is 2.47. The summed E-state index contributed by atoms with van der Waals surface area (Å²) in [5.74, 6) is 0. The van der Waals surface area contributed by atoms with E-state index in [0.717, 1.165) is 0 Å². The van der Waals surface area contributed by atoms with Gasteiger partial charge in [0.25, 0.3) is 0 Å². The molecule has 0 saturated heterocycles. The summed E-state index contributed by atoms with van der Waals surface area (Å²) >= 11 is 0. The Morgan fingerprint density at radius 1 is 1.31 bits per heavy atom. The average molecular weight is 174 g/mol. The van der Waals surface area contributed by atoms with Crippen LogP contribution >= 0.6 is 0 Å². The number of aromatic nitrogens is 1. The standard InChI is InChI=1S/C11H14N2/c1-8(12)10-4-3-9-5-6-13(2)11(9)7-10/h3-8H,12H2,1-2H3/t8-/m1/s1. The van der Waals surface area contributed by atoms with Crippen molar-refractivity contribution in [3.63, 3.8) is 0 Å². The lowest BCUT2D eigenvalue weighted by atomic mass is 10.1. The van der Waals surface area contributed by atoms with E-state index in [-0.39, 0.29) is 6.04 Å². The first-order chi connectivity index (χ1) is 6.18. The minimum atomic E-state index is 0.110. The molecule has 0 aliphatic carbocycles. The molecule has 68 valence electrons. The molecule has 0 saturated carbocycles. The van der Waals surface area contributed by atoms with Crippen LogP contribution in [0.15, 0.2) is 30.5 Å². The van der Waals surface area contributed by atoms with Crippen LogP contribution in [0.3, 0.4) is 0 Å². The predicted octanol–water partition coefficient (Wildman–Crippen LogP) is 2.20. The van der Waals surface area contributed by atoms with Gasteiger partial charge in [-0.25, -0.2) is 0 Å². The van der Waals surface area contributed by atoms with Gasteiger partial charge >= 0.3 is 0 Å². The molecule has 2 aromatic rings. The summed E-state index contributed by atoms with van der Waals surface area (Å²) in [6.07, 6.45) is 2.07. The molecule has 0 radical (unpaired) electrons. The lowest BCUT2D eigenvalue weighted by Gasteiger charge is -2.05. The van der Waals surface area contributed by atoms with Crippen LogP contribution in [0.2, 0.25) is 0 Å². The van der Waals surface area contributed by atoms with Crippen LogP contribution in [0.5, 0.6) is 0 Å². The fourth-order valence-corrected chi connectivity index (χ4v) is 1.56. The van der Waals surface area contributed by atoms with Gasteiger partial charge in [0.15, 0.2) is 0 Å². The number of nitrogens with zero attached hydrogens (tertiary/aromatic N) is 1. The molecule has 2 heteroatoms. The number of hydrogen-bond acceptors (Lipinski definition) is 1. The third-order valence-corrected chi connectivity index (χ3v) is 2.44. The Labute approximate surface area is 78.0 Å². The number of nitrogens with two attached hydrogens (primary N) is 1. The summed E-state index contributed by atoms with van der Waals surface area (Å²) < 4.78 is 2.11. The van der Waals surface area contributed by atoms with E-state index >= 15 is 0 Å². The number of hydrogen-bond donors (Lipinski definition) is 1. The van der Waals surface area contributed by atoms with Gasteiger partial charge in [-0.15, -0.1) is 0 Å². The predicted molar refractivity (Wildman–Crippen MR) is 55.5 cm³/mol. The Kier molecular flexibility index (Phi) is 1.85. The van der Waals surface area contributed by atoms with E-state index in [4.69, 9.17) is 5.73 Å². The van der Waals surface area contributed by atoms with Gasteiger partial charge in [-0.2, -0.15) is 0 Å². The summed E-state index contributed by atoms with van der Waals surface area (Å²) in [6, 6.07) is 8.58. The summed E-state index contributed by atoms with van der Waals surface area (Å²) in [4.78, 5) is 0. The van der Waals surface area contributed by atoms with Crippen molar-refractivity contribution in [3.8, 4) is 0 Å². The van der Waals surface area contributed by atoms with Crippen molar-refractivity contribution in [2.45, 2.75) is 13.0 Å². The fourth-order valence-electron chi connectivity index (χ4n) is 1.56. The highest BCUT2D eigenvalue weighted by molar-refractivity contribution is 5.80. The maximum absolute atomic E-state index is 5.81. The zero-order valence-corrected chi connectivity index (χ0v) is 7.99. The molecule has 0 fully saturated rings. The van der Waals surface area contributed by atoms with E-state index < -0.39 is 0 Å². The smallest absolute Gasteiger partial charge is 0.0481 e. The van der Waals surface area contributed by atoms with Gasteiger partial charge in [-0.3, -0.25) is 0 Å². The number of benzene rings is 1. The Morgan fingerprint density at radius 3 is 2.77 bits per heavy atom. The minimum absolute atomic E-state index is 0.110. The summed E-state index contributed by atoms with van der Waals surface area (Å²) in [5, 5.41) is 1.27. The molecule has 0 bridgehead atoms. The minimum Gasteiger partial charge on any atom is -0.351 e. The van der Waals surface area contributed by atoms with E-state index in [1.807, 2.05) is 14.0 Å². The molecule has 1 heterocycles. The van der Waals surface area contributed by atoms with E-state index in [1.165, 1.54) is 16.5 Å². The molecule has 0 aliphatic heterocycles. The third-order valence-electron chi connectivity index (χ3n) is 2.44. The van der Waals surface area contributed by atoms with Crippen LogP contribution in [-0.4, -0.2) is 4.57 Å². The van der Waals surface area contributed by atoms with Crippen LogP contribution < -0.4 is 5.73 Å². The maximum Gasteiger partial charge on any atom is 0.0481 e. The molecule has 0 spiro atoms. The first kappa shape index (κ1) is 8.32. The molecule has 2 rings (SSSR count). The molecule has 0 unspecified atom stereocenters. The molecule has 0 aliphatic rings. The number of fused-ring (bicyclic) bond motifs is 1. The van der Waals surface area contributed by atoms with Crippen molar-refractivity contribution in [2.75, 3.05) is 0 Å². The second kappa shape index (κ2) is 2.89. The van der Waals surface area contributed by atoms with Crippen LogP contribution in [0.1, 0.15) is 18.5 Å². The summed E-state index contributed by atoms with van der Waals surface area (Å²) in [6.45, 7) is 2.00. The topological polar surface area (TPSA) is 30.9 Å². The molecule has 13 heavy (non-hydrogen) atoms. The first-order valence-corrected chi connectivity index (χ1v) is 4.49. The largest absolute Gasteiger partial charge is 0.351 e. The fraction of sp³-hybridized carbons (Fsp3) is 0.273. The van der Waals surface area contributed by atoms with E-state index in [1.54, 1.807) is 0 Å². The van der Waals surface area contributed by atoms with Crippen LogP contribution in [-0.2, 0) is 7.05 Å². The SMILES string of the molecule is C[C@@H](N)c1ccc2ccn(C)c2c1. The third kappa shape index (κ3) is 1.33. The van der Waals surface area contributed by atoms with Crippen LogP contribution in [0.25, 0.3) is 10.9 Å². The highest BCUT2D eigenvalue weighted by Gasteiger charge is 2.02. The van der Waals surface area contributed by atoms with Gasteiger partial charge in [0.05, 0.1) is 0 Å². The number of rotatable bonds is 1. The molecule has 1 aromatic heterocycles. The highest BCUT2D eigenvalue weighted by Crippen LogP contribution is 2.19. The van der Waals surface area contributed by atoms with Gasteiger partial charge < -0.3 is 10.3 Å². The maximum atomic E-state index is 5.81. The van der Waals surface area contributed by atoms with E-state index in [9.17, 15) is 0 Å². The second-order valence-corrected chi connectivity index (χ2v) is 3.53. The quantitative estimate of drug-likeness (QED) is 0.706. The lowest BCUT2D eigenvalue weighted by Crippen LogP contribution is -2.04. The van der Waals surface area contributed by atoms with Crippen molar-refractivity contribution in [3.05, 3.63) is 36.0 Å². The number of aryl methyl sites for hydroxylation is 1. The second-order valence-electron chi connectivity index (χ2n) is 3.53. The highest BCUT2D eigenvalue weighted by atomic mass is 14.9. The van der Waals surface area contributed by atoms with Gasteiger partial charge in [-0.05, 0) is 30.0 Å². The Hall–Kier alpha value is -1.28. The van der Waals surface area contributed by atoms with Crippen molar-refractivity contribution in [1.82, 2.24) is 4.57 Å².